The molecule has 4 atom stereocenters. The second kappa shape index (κ2) is 10.4. The molecule has 0 unspecified atom stereocenters. The van der Waals surface area contributed by atoms with Gasteiger partial charge in [0.1, 0.15) is 12.4 Å². The van der Waals surface area contributed by atoms with E-state index in [0.717, 1.165) is 23.3 Å². The molecule has 2 aliphatic rings. The third-order valence-corrected chi connectivity index (χ3v) is 5.81. The third kappa shape index (κ3) is 5.72. The minimum absolute atomic E-state index is 0. The Balaban J connectivity index is 0.00000256. The fraction of sp³-hybridized carbons (Fsp3) is 0.391. The van der Waals surface area contributed by atoms with Crippen molar-refractivity contribution in [3.05, 3.63) is 65.7 Å². The Hall–Kier alpha value is -1.22. The Labute approximate surface area is 218 Å². The molecule has 0 aromatic heterocycles. The number of aliphatic carboxylic acids is 1. The summed E-state index contributed by atoms with van der Waals surface area (Å²) < 4.78 is 5.80. The molecule has 1 aliphatic carbocycles. The average Bonchev–Trinajstić information content (AvgIpc) is 3.44. The number of ether oxygens (including phenoxy) is 1. The number of likely N-dealkylation sites (tertiary alicyclic amines) is 1. The molecule has 1 saturated heterocycles. The minimum atomic E-state index is -1.19. The Kier molecular flexibility index (Phi) is 8.12. The van der Waals surface area contributed by atoms with E-state index < -0.39 is 18.0 Å². The summed E-state index contributed by atoms with van der Waals surface area (Å²) in [6, 6.07) is 17.8. The van der Waals surface area contributed by atoms with Gasteiger partial charge in [0, 0.05) is 30.9 Å². The van der Waals surface area contributed by atoms with E-state index in [1.807, 2.05) is 54.6 Å². The second-order valence-electron chi connectivity index (χ2n) is 7.94. The molecule has 4 rings (SSSR count). The zero-order valence-corrected chi connectivity index (χ0v) is 20.2. The molecule has 1 saturated carbocycles. The molecule has 6 nitrogen and oxygen atoms in total. The van der Waals surface area contributed by atoms with Crippen LogP contribution in [0.15, 0.2) is 54.6 Å². The number of aliphatic hydroxyl groups is 1. The SMILES string of the molecule is O=C([O-])C[C@@H]1CN(C(=O)[C@@H]2C[C@H]2c2ccc(OCc3ccccc3)cc2)C[C@H]1O.[K+]. The molecule has 1 amide bonds. The van der Waals surface area contributed by atoms with Gasteiger partial charge in [0.25, 0.3) is 0 Å². The zero-order chi connectivity index (χ0) is 20.4. The molecule has 30 heavy (non-hydrogen) atoms. The van der Waals surface area contributed by atoms with Crippen molar-refractivity contribution in [2.75, 3.05) is 13.1 Å². The number of nitrogens with zero attached hydrogens (tertiary/aromatic N) is 1. The van der Waals surface area contributed by atoms with Gasteiger partial charge in [-0.15, -0.1) is 0 Å². The molecule has 1 aliphatic heterocycles. The largest absolute Gasteiger partial charge is 1.00 e. The van der Waals surface area contributed by atoms with Crippen LogP contribution in [0.3, 0.4) is 0 Å². The fourth-order valence-corrected chi connectivity index (χ4v) is 4.07. The van der Waals surface area contributed by atoms with E-state index in [9.17, 15) is 19.8 Å². The van der Waals surface area contributed by atoms with Crippen molar-refractivity contribution in [1.82, 2.24) is 4.90 Å². The van der Waals surface area contributed by atoms with E-state index in [1.165, 1.54) is 0 Å². The first kappa shape index (κ1) is 23.4. The Morgan fingerprint density at radius 3 is 2.43 bits per heavy atom. The summed E-state index contributed by atoms with van der Waals surface area (Å²) in [5, 5.41) is 20.8. The average molecular weight is 434 g/mol. The second-order valence-corrected chi connectivity index (χ2v) is 7.94. The summed E-state index contributed by atoms with van der Waals surface area (Å²) in [6.45, 7) is 0.991. The molecule has 0 spiro atoms. The number of hydrogen-bond acceptors (Lipinski definition) is 5. The smallest absolute Gasteiger partial charge is 0.550 e. The predicted molar refractivity (Wildman–Crippen MR) is 104 cm³/mol. The fourth-order valence-electron chi connectivity index (χ4n) is 4.07. The van der Waals surface area contributed by atoms with Gasteiger partial charge in [0.2, 0.25) is 5.91 Å². The van der Waals surface area contributed by atoms with Crippen LogP contribution in [-0.2, 0) is 16.2 Å². The molecule has 0 radical (unpaired) electrons. The van der Waals surface area contributed by atoms with Gasteiger partial charge in [-0.3, -0.25) is 4.79 Å². The molecular formula is C23H24KNO5. The van der Waals surface area contributed by atoms with Crippen LogP contribution in [0, 0.1) is 11.8 Å². The first-order chi connectivity index (χ1) is 14.0. The summed E-state index contributed by atoms with van der Waals surface area (Å²) in [5.41, 5.74) is 2.20. The number of hydrogen-bond donors (Lipinski definition) is 1. The first-order valence-electron chi connectivity index (χ1n) is 9.94. The number of carbonyl (C=O) groups is 2. The standard InChI is InChI=1S/C23H25NO5.K/c25-21-13-24(12-17(21)10-22(26)27)23(28)20-11-19(20)16-6-8-18(9-7-16)29-14-15-4-2-1-3-5-15;/h1-9,17,19-21,25H,10-14H2,(H,26,27);/q;+1/p-1/t17-,19+,20-,21-;/m1./s1. The van der Waals surface area contributed by atoms with Gasteiger partial charge in [-0.1, -0.05) is 42.5 Å². The molecule has 0 bridgehead atoms. The number of rotatable bonds is 7. The molecule has 7 heteroatoms. The van der Waals surface area contributed by atoms with Crippen molar-refractivity contribution in [3.8, 4) is 5.75 Å². The van der Waals surface area contributed by atoms with Crippen LogP contribution < -0.4 is 61.2 Å². The first-order valence-corrected chi connectivity index (χ1v) is 9.94. The van der Waals surface area contributed by atoms with Gasteiger partial charge < -0.3 is 24.6 Å². The van der Waals surface area contributed by atoms with E-state index in [2.05, 4.69) is 0 Å². The Morgan fingerprint density at radius 1 is 1.07 bits per heavy atom. The van der Waals surface area contributed by atoms with Gasteiger partial charge >= 0.3 is 51.4 Å². The van der Waals surface area contributed by atoms with E-state index in [-0.39, 0.29) is 88.6 Å². The van der Waals surface area contributed by atoms with Crippen molar-refractivity contribution in [3.63, 3.8) is 0 Å². The molecule has 152 valence electrons. The maximum atomic E-state index is 12.7. The maximum absolute atomic E-state index is 12.7. The van der Waals surface area contributed by atoms with Gasteiger partial charge in [-0.2, -0.15) is 0 Å². The summed E-state index contributed by atoms with van der Waals surface area (Å²) in [6.07, 6.45) is -0.236. The number of carboxylic acids is 1. The van der Waals surface area contributed by atoms with E-state index >= 15 is 0 Å². The molecule has 2 aromatic carbocycles. The zero-order valence-electron chi connectivity index (χ0n) is 17.1. The Bertz CT molecular complexity index is 873. The number of aliphatic hydroxyl groups excluding tert-OH is 1. The number of carboxylic acid groups (broad SMARTS) is 1. The van der Waals surface area contributed by atoms with E-state index in [0.29, 0.717) is 6.61 Å². The van der Waals surface area contributed by atoms with Crippen LogP contribution in [-0.4, -0.2) is 41.1 Å². The topological polar surface area (TPSA) is 89.9 Å². The van der Waals surface area contributed by atoms with Crippen LogP contribution in [0.2, 0.25) is 0 Å². The number of carbonyl (C=O) groups excluding carboxylic acids is 2. The summed E-state index contributed by atoms with van der Waals surface area (Å²) >= 11 is 0. The van der Waals surface area contributed by atoms with Gasteiger partial charge in [-0.05, 0) is 42.0 Å². The van der Waals surface area contributed by atoms with Crippen molar-refractivity contribution in [2.45, 2.75) is 31.5 Å². The minimum Gasteiger partial charge on any atom is -0.550 e. The summed E-state index contributed by atoms with van der Waals surface area (Å²) in [5.74, 6) is -0.777. The number of β-amino-alcohol motifs (C(OH)–C–C–N with tert-alkyl or cyclic N) is 1. The molecule has 1 heterocycles. The molecule has 2 aromatic rings. The van der Waals surface area contributed by atoms with Crippen LogP contribution in [0.4, 0.5) is 0 Å². The van der Waals surface area contributed by atoms with Gasteiger partial charge in [0.15, 0.2) is 0 Å². The van der Waals surface area contributed by atoms with E-state index in [1.54, 1.807) is 4.90 Å². The van der Waals surface area contributed by atoms with Crippen molar-refractivity contribution in [2.24, 2.45) is 11.8 Å². The monoisotopic (exact) mass is 433 g/mol. The van der Waals surface area contributed by atoms with Crippen molar-refractivity contribution >= 4 is 11.9 Å². The van der Waals surface area contributed by atoms with Crippen molar-refractivity contribution < 1.29 is 75.9 Å². The van der Waals surface area contributed by atoms with Gasteiger partial charge in [-0.25, -0.2) is 0 Å². The van der Waals surface area contributed by atoms with Crippen molar-refractivity contribution in [1.29, 1.82) is 0 Å². The van der Waals surface area contributed by atoms with E-state index in [4.69, 9.17) is 4.74 Å². The predicted octanol–water partition coefficient (Wildman–Crippen LogP) is -1.67. The quantitative estimate of drug-likeness (QED) is 0.528. The summed E-state index contributed by atoms with van der Waals surface area (Å²) in [4.78, 5) is 25.1. The number of amides is 1. The molecular weight excluding hydrogens is 409 g/mol. The summed E-state index contributed by atoms with van der Waals surface area (Å²) in [7, 11) is 0. The van der Waals surface area contributed by atoms with Crippen LogP contribution >= 0.6 is 0 Å². The molecule has 2 fully saturated rings. The maximum Gasteiger partial charge on any atom is 1.00 e. The van der Waals surface area contributed by atoms with Crippen LogP contribution in [0.1, 0.15) is 29.9 Å². The van der Waals surface area contributed by atoms with Crippen LogP contribution in [0.25, 0.3) is 0 Å². The number of benzene rings is 2. The van der Waals surface area contributed by atoms with Gasteiger partial charge in [0.05, 0.1) is 6.10 Å². The van der Waals surface area contributed by atoms with Crippen LogP contribution in [0.5, 0.6) is 5.75 Å². The molecule has 1 N–H and O–H groups in total. The third-order valence-electron chi connectivity index (χ3n) is 5.81. The Morgan fingerprint density at radius 2 is 1.77 bits per heavy atom. The normalized spacial score (nSPS) is 24.8.